The largest absolute Gasteiger partial charge is 0.480 e. The fourth-order valence-electron chi connectivity index (χ4n) is 3.20. The quantitative estimate of drug-likeness (QED) is 0.811. The zero-order valence-corrected chi connectivity index (χ0v) is 13.7. The van der Waals surface area contributed by atoms with Crippen molar-refractivity contribution in [2.24, 2.45) is 0 Å². The molecule has 1 saturated carbocycles. The molecule has 0 amide bonds. The minimum atomic E-state index is -0.890. The van der Waals surface area contributed by atoms with Gasteiger partial charge in [-0.05, 0) is 58.9 Å². The molecule has 1 fully saturated rings. The molecule has 0 bridgehead atoms. The van der Waals surface area contributed by atoms with Gasteiger partial charge in [-0.3, -0.25) is 14.8 Å². The molecule has 21 heavy (non-hydrogen) atoms. The number of nitrogens with zero attached hydrogens (tertiary/aromatic N) is 2. The number of aliphatic carboxylic acids is 1. The van der Waals surface area contributed by atoms with Gasteiger partial charge in [-0.15, -0.1) is 0 Å². The van der Waals surface area contributed by atoms with Crippen LogP contribution in [0, 0.1) is 13.8 Å². The van der Waals surface area contributed by atoms with E-state index >= 15 is 0 Å². The summed E-state index contributed by atoms with van der Waals surface area (Å²) < 4.78 is 1.99. The maximum absolute atomic E-state index is 11.7. The van der Waals surface area contributed by atoms with Crippen molar-refractivity contribution in [3.05, 3.63) is 17.0 Å². The van der Waals surface area contributed by atoms with Gasteiger partial charge in [-0.25, -0.2) is 0 Å². The maximum Gasteiger partial charge on any atom is 0.323 e. The smallest absolute Gasteiger partial charge is 0.323 e. The van der Waals surface area contributed by atoms with E-state index in [1.165, 1.54) is 5.56 Å². The van der Waals surface area contributed by atoms with Crippen LogP contribution < -0.4 is 5.32 Å². The Balaban J connectivity index is 2.18. The van der Waals surface area contributed by atoms with Crippen LogP contribution in [0.4, 0.5) is 0 Å². The van der Waals surface area contributed by atoms with Gasteiger partial charge in [0.1, 0.15) is 5.54 Å². The Morgan fingerprint density at radius 3 is 2.57 bits per heavy atom. The molecule has 1 aromatic rings. The standard InChI is InChI=1S/C16H27N3O2/c1-6-14-11(3)18-19(12(14)4)10(2)9-16(5,15(20)21)17-13-7-8-13/h10,13,17H,6-9H2,1-5H3,(H,20,21). The van der Waals surface area contributed by atoms with Gasteiger partial charge in [-0.1, -0.05) is 6.92 Å². The van der Waals surface area contributed by atoms with Gasteiger partial charge in [0.25, 0.3) is 0 Å². The monoisotopic (exact) mass is 293 g/mol. The van der Waals surface area contributed by atoms with Gasteiger partial charge in [0.05, 0.1) is 11.7 Å². The highest BCUT2D eigenvalue weighted by atomic mass is 16.4. The van der Waals surface area contributed by atoms with E-state index in [-0.39, 0.29) is 6.04 Å². The van der Waals surface area contributed by atoms with Crippen molar-refractivity contribution in [3.8, 4) is 0 Å². The van der Waals surface area contributed by atoms with Crippen molar-refractivity contribution in [2.45, 2.75) is 77.9 Å². The summed E-state index contributed by atoms with van der Waals surface area (Å²) in [6, 6.07) is 0.418. The van der Waals surface area contributed by atoms with Gasteiger partial charge >= 0.3 is 5.97 Å². The van der Waals surface area contributed by atoms with Crippen molar-refractivity contribution in [1.29, 1.82) is 0 Å². The van der Waals surface area contributed by atoms with Gasteiger partial charge in [-0.2, -0.15) is 5.10 Å². The second kappa shape index (κ2) is 5.79. The minimum Gasteiger partial charge on any atom is -0.480 e. The maximum atomic E-state index is 11.7. The van der Waals surface area contributed by atoms with E-state index in [2.05, 4.69) is 31.2 Å². The first-order chi connectivity index (χ1) is 9.78. The van der Waals surface area contributed by atoms with Gasteiger partial charge < -0.3 is 5.11 Å². The highest BCUT2D eigenvalue weighted by molar-refractivity contribution is 5.78. The first kappa shape index (κ1) is 16.0. The Hall–Kier alpha value is -1.36. The Morgan fingerprint density at radius 2 is 2.14 bits per heavy atom. The molecule has 1 heterocycles. The summed E-state index contributed by atoms with van der Waals surface area (Å²) in [4.78, 5) is 11.7. The number of nitrogens with one attached hydrogen (secondary N) is 1. The molecule has 0 saturated heterocycles. The average Bonchev–Trinajstić information content (AvgIpc) is 3.14. The van der Waals surface area contributed by atoms with E-state index in [1.807, 2.05) is 11.6 Å². The number of carbonyl (C=O) groups is 1. The first-order valence-corrected chi connectivity index (χ1v) is 7.84. The van der Waals surface area contributed by atoms with Crippen LogP contribution in [-0.2, 0) is 11.2 Å². The lowest BCUT2D eigenvalue weighted by Gasteiger charge is -2.30. The van der Waals surface area contributed by atoms with E-state index in [0.717, 1.165) is 30.7 Å². The molecular weight excluding hydrogens is 266 g/mol. The SMILES string of the molecule is CCc1c(C)nn(C(C)CC(C)(NC2CC2)C(=O)O)c1C. The molecule has 0 aliphatic heterocycles. The number of rotatable bonds is 7. The molecule has 2 atom stereocenters. The van der Waals surface area contributed by atoms with Crippen molar-refractivity contribution in [1.82, 2.24) is 15.1 Å². The van der Waals surface area contributed by atoms with E-state index in [4.69, 9.17) is 0 Å². The molecule has 118 valence electrons. The number of hydrogen-bond donors (Lipinski definition) is 2. The van der Waals surface area contributed by atoms with Crippen molar-refractivity contribution >= 4 is 5.97 Å². The molecule has 5 nitrogen and oxygen atoms in total. The predicted molar refractivity (Wildman–Crippen MR) is 82.6 cm³/mol. The fraction of sp³-hybridized carbons (Fsp3) is 0.750. The summed E-state index contributed by atoms with van der Waals surface area (Å²) in [7, 11) is 0. The molecule has 0 spiro atoms. The number of carboxylic acid groups (broad SMARTS) is 1. The van der Waals surface area contributed by atoms with Gasteiger partial charge in [0, 0.05) is 11.7 Å². The summed E-state index contributed by atoms with van der Waals surface area (Å²) in [5, 5.41) is 17.5. The lowest BCUT2D eigenvalue weighted by Crippen LogP contribution is -2.51. The molecule has 0 aromatic carbocycles. The lowest BCUT2D eigenvalue weighted by molar-refractivity contribution is -0.145. The summed E-state index contributed by atoms with van der Waals surface area (Å²) >= 11 is 0. The van der Waals surface area contributed by atoms with Crippen LogP contribution in [0.15, 0.2) is 0 Å². The fourth-order valence-corrected chi connectivity index (χ4v) is 3.20. The summed E-state index contributed by atoms with van der Waals surface area (Å²) in [6.07, 6.45) is 3.65. The van der Waals surface area contributed by atoms with Crippen LogP contribution in [0.25, 0.3) is 0 Å². The van der Waals surface area contributed by atoms with E-state index in [0.29, 0.717) is 12.5 Å². The van der Waals surface area contributed by atoms with Gasteiger partial charge in [0.2, 0.25) is 0 Å². The van der Waals surface area contributed by atoms with Crippen LogP contribution in [-0.4, -0.2) is 32.4 Å². The molecule has 0 radical (unpaired) electrons. The molecular formula is C16H27N3O2. The van der Waals surface area contributed by atoms with Crippen LogP contribution in [0.5, 0.6) is 0 Å². The van der Waals surface area contributed by atoms with Crippen LogP contribution in [0.1, 0.15) is 63.0 Å². The van der Waals surface area contributed by atoms with Crippen molar-refractivity contribution in [3.63, 3.8) is 0 Å². The third-order valence-corrected chi connectivity index (χ3v) is 4.52. The van der Waals surface area contributed by atoms with Gasteiger partial charge in [0.15, 0.2) is 0 Å². The predicted octanol–water partition coefficient (Wildman–Crippen LogP) is 2.61. The van der Waals surface area contributed by atoms with E-state index < -0.39 is 11.5 Å². The molecule has 2 N–H and O–H groups in total. The third kappa shape index (κ3) is 3.28. The molecule has 2 unspecified atom stereocenters. The number of aromatic nitrogens is 2. The molecule has 1 aromatic heterocycles. The Kier molecular flexibility index (Phi) is 4.42. The summed E-state index contributed by atoms with van der Waals surface area (Å²) in [5.41, 5.74) is 2.59. The number of hydrogen-bond acceptors (Lipinski definition) is 3. The molecule has 1 aliphatic rings. The van der Waals surface area contributed by atoms with E-state index in [1.54, 1.807) is 6.92 Å². The highest BCUT2D eigenvalue weighted by Crippen LogP contribution is 2.29. The van der Waals surface area contributed by atoms with Crippen molar-refractivity contribution in [2.75, 3.05) is 0 Å². The normalized spacial score (nSPS) is 19.3. The van der Waals surface area contributed by atoms with E-state index in [9.17, 15) is 9.90 Å². The first-order valence-electron chi connectivity index (χ1n) is 7.84. The third-order valence-electron chi connectivity index (χ3n) is 4.52. The zero-order valence-electron chi connectivity index (χ0n) is 13.7. The zero-order chi connectivity index (χ0) is 15.8. The minimum absolute atomic E-state index is 0.0522. The Bertz CT molecular complexity index is 534. The average molecular weight is 293 g/mol. The lowest BCUT2D eigenvalue weighted by atomic mass is 9.93. The second-order valence-corrected chi connectivity index (χ2v) is 6.56. The summed E-state index contributed by atoms with van der Waals surface area (Å²) in [6.45, 7) is 10.1. The van der Waals surface area contributed by atoms with Crippen LogP contribution >= 0.6 is 0 Å². The summed E-state index contributed by atoms with van der Waals surface area (Å²) in [5.74, 6) is -0.779. The van der Waals surface area contributed by atoms with Crippen LogP contribution in [0.3, 0.4) is 0 Å². The number of carboxylic acids is 1. The molecule has 5 heteroatoms. The van der Waals surface area contributed by atoms with Crippen molar-refractivity contribution < 1.29 is 9.90 Å². The Morgan fingerprint density at radius 1 is 1.52 bits per heavy atom. The second-order valence-electron chi connectivity index (χ2n) is 6.56. The highest BCUT2D eigenvalue weighted by Gasteiger charge is 2.40. The van der Waals surface area contributed by atoms with Crippen LogP contribution in [0.2, 0.25) is 0 Å². The topological polar surface area (TPSA) is 67.2 Å². The molecule has 1 aliphatic carbocycles. The Labute approximate surface area is 126 Å². The number of aryl methyl sites for hydroxylation is 1. The molecule has 2 rings (SSSR count).